The average molecular weight is 305 g/mol. The Hall–Kier alpha value is -1.75. The van der Waals surface area contributed by atoms with Gasteiger partial charge >= 0.3 is 0 Å². The molecule has 0 saturated heterocycles. The zero-order valence-electron chi connectivity index (χ0n) is 12.2. The molecule has 1 aromatic heterocycles. The average Bonchev–Trinajstić information content (AvgIpc) is 2.80. The summed E-state index contributed by atoms with van der Waals surface area (Å²) in [6.07, 6.45) is 1.27. The van der Waals surface area contributed by atoms with Crippen molar-refractivity contribution in [1.29, 1.82) is 0 Å². The van der Waals surface area contributed by atoms with Crippen LogP contribution in [-0.4, -0.2) is 17.9 Å². The van der Waals surface area contributed by atoms with E-state index in [-0.39, 0.29) is 17.0 Å². The third-order valence-electron chi connectivity index (χ3n) is 3.64. The minimum atomic E-state index is -0.382. The van der Waals surface area contributed by atoms with E-state index >= 15 is 0 Å². The van der Waals surface area contributed by atoms with E-state index in [1.807, 2.05) is 0 Å². The summed E-state index contributed by atoms with van der Waals surface area (Å²) in [6.45, 7) is 4.11. The standard InChI is InChI=1S/C16H16FNO2S/c1-16(2)7-12-14(13(19)8-16)21-15(18-12)10-5-4-9(20-3)6-11(10)17/h4-6H,7-8H2,1-3H3. The van der Waals surface area contributed by atoms with Gasteiger partial charge in [-0.05, 0) is 24.0 Å². The smallest absolute Gasteiger partial charge is 0.175 e. The van der Waals surface area contributed by atoms with Crippen molar-refractivity contribution in [2.24, 2.45) is 5.41 Å². The fraction of sp³-hybridized carbons (Fsp3) is 0.375. The van der Waals surface area contributed by atoms with Crippen molar-refractivity contribution in [3.05, 3.63) is 34.6 Å². The molecule has 0 radical (unpaired) electrons. The van der Waals surface area contributed by atoms with E-state index in [1.165, 1.54) is 24.5 Å². The predicted octanol–water partition coefficient (Wildman–Crippen LogP) is 4.11. The molecular formula is C16H16FNO2S. The number of ketones is 1. The molecule has 1 aromatic carbocycles. The first-order valence-corrected chi connectivity index (χ1v) is 7.58. The van der Waals surface area contributed by atoms with Gasteiger partial charge in [0.1, 0.15) is 16.6 Å². The molecule has 0 saturated carbocycles. The highest BCUT2D eigenvalue weighted by molar-refractivity contribution is 7.17. The largest absolute Gasteiger partial charge is 0.497 e. The second kappa shape index (κ2) is 4.91. The first-order valence-electron chi connectivity index (χ1n) is 6.76. The van der Waals surface area contributed by atoms with E-state index in [0.29, 0.717) is 27.6 Å². The number of carbonyl (C=O) groups excluding carboxylic acids is 1. The maximum Gasteiger partial charge on any atom is 0.175 e. The van der Waals surface area contributed by atoms with Gasteiger partial charge in [-0.25, -0.2) is 9.37 Å². The zero-order valence-corrected chi connectivity index (χ0v) is 13.0. The molecule has 0 amide bonds. The molecular weight excluding hydrogens is 289 g/mol. The fourth-order valence-corrected chi connectivity index (χ4v) is 3.68. The number of thiazole rings is 1. The van der Waals surface area contributed by atoms with E-state index in [9.17, 15) is 9.18 Å². The van der Waals surface area contributed by atoms with Crippen LogP contribution in [0.4, 0.5) is 4.39 Å². The summed E-state index contributed by atoms with van der Waals surface area (Å²) in [5.41, 5.74) is 1.14. The summed E-state index contributed by atoms with van der Waals surface area (Å²) in [6, 6.07) is 4.68. The highest BCUT2D eigenvalue weighted by atomic mass is 32.1. The maximum atomic E-state index is 14.1. The third-order valence-corrected chi connectivity index (χ3v) is 4.81. The topological polar surface area (TPSA) is 39.2 Å². The minimum absolute atomic E-state index is 0.0755. The number of rotatable bonds is 2. The molecule has 1 heterocycles. The summed E-state index contributed by atoms with van der Waals surface area (Å²) in [4.78, 5) is 17.4. The Morgan fingerprint density at radius 1 is 1.33 bits per heavy atom. The monoisotopic (exact) mass is 305 g/mol. The van der Waals surface area contributed by atoms with Gasteiger partial charge in [-0.2, -0.15) is 0 Å². The Balaban J connectivity index is 2.04. The second-order valence-corrected chi connectivity index (χ2v) is 7.08. The van der Waals surface area contributed by atoms with Crippen LogP contribution in [0.3, 0.4) is 0 Å². The van der Waals surface area contributed by atoms with Gasteiger partial charge in [-0.15, -0.1) is 11.3 Å². The number of methoxy groups -OCH3 is 1. The van der Waals surface area contributed by atoms with E-state index in [1.54, 1.807) is 12.1 Å². The SMILES string of the molecule is COc1ccc(-c2nc3c(s2)C(=O)CC(C)(C)C3)c(F)c1. The van der Waals surface area contributed by atoms with Gasteiger partial charge in [0.2, 0.25) is 0 Å². The van der Waals surface area contributed by atoms with E-state index in [0.717, 1.165) is 12.1 Å². The Bertz CT molecular complexity index is 721. The van der Waals surface area contributed by atoms with Crippen molar-refractivity contribution in [2.45, 2.75) is 26.7 Å². The summed E-state index contributed by atoms with van der Waals surface area (Å²) >= 11 is 1.28. The molecule has 21 heavy (non-hydrogen) atoms. The lowest BCUT2D eigenvalue weighted by Crippen LogP contribution is -2.25. The maximum absolute atomic E-state index is 14.1. The van der Waals surface area contributed by atoms with Gasteiger partial charge in [-0.1, -0.05) is 13.8 Å². The number of fused-ring (bicyclic) bond motifs is 1. The molecule has 1 aliphatic rings. The van der Waals surface area contributed by atoms with E-state index in [4.69, 9.17) is 4.74 Å². The van der Waals surface area contributed by atoms with Gasteiger partial charge < -0.3 is 4.74 Å². The van der Waals surface area contributed by atoms with Crippen molar-refractivity contribution in [2.75, 3.05) is 7.11 Å². The predicted molar refractivity (Wildman–Crippen MR) is 80.5 cm³/mol. The van der Waals surface area contributed by atoms with E-state index < -0.39 is 0 Å². The highest BCUT2D eigenvalue weighted by Crippen LogP contribution is 2.40. The number of Topliss-reactive ketones (excluding diaryl/α,β-unsaturated/α-hetero) is 1. The second-order valence-electron chi connectivity index (χ2n) is 6.08. The van der Waals surface area contributed by atoms with Gasteiger partial charge in [-0.3, -0.25) is 4.79 Å². The number of hydrogen-bond donors (Lipinski definition) is 0. The number of aromatic nitrogens is 1. The number of benzene rings is 1. The number of halogens is 1. The van der Waals surface area contributed by atoms with Crippen LogP contribution in [0, 0.1) is 11.2 Å². The van der Waals surface area contributed by atoms with Crippen LogP contribution >= 0.6 is 11.3 Å². The van der Waals surface area contributed by atoms with Crippen molar-refractivity contribution in [1.82, 2.24) is 4.98 Å². The molecule has 3 nitrogen and oxygen atoms in total. The molecule has 0 N–H and O–H groups in total. The third kappa shape index (κ3) is 2.58. The van der Waals surface area contributed by atoms with Gasteiger partial charge in [0, 0.05) is 18.1 Å². The number of hydrogen-bond acceptors (Lipinski definition) is 4. The van der Waals surface area contributed by atoms with Crippen LogP contribution in [-0.2, 0) is 6.42 Å². The summed E-state index contributed by atoms with van der Waals surface area (Å²) < 4.78 is 19.1. The van der Waals surface area contributed by atoms with Crippen molar-refractivity contribution in [3.63, 3.8) is 0 Å². The van der Waals surface area contributed by atoms with Crippen LogP contribution in [0.1, 0.15) is 35.6 Å². The minimum Gasteiger partial charge on any atom is -0.497 e. The number of ether oxygens (including phenoxy) is 1. The molecule has 5 heteroatoms. The Morgan fingerprint density at radius 2 is 2.10 bits per heavy atom. The summed E-state index contributed by atoms with van der Waals surface area (Å²) in [5.74, 6) is 0.195. The molecule has 0 unspecified atom stereocenters. The van der Waals surface area contributed by atoms with Gasteiger partial charge in [0.05, 0.1) is 17.7 Å². The lowest BCUT2D eigenvalue weighted by molar-refractivity contribution is 0.0916. The van der Waals surface area contributed by atoms with Crippen LogP contribution in [0.25, 0.3) is 10.6 Å². The molecule has 0 bridgehead atoms. The molecule has 0 aliphatic heterocycles. The van der Waals surface area contributed by atoms with Crippen molar-refractivity contribution < 1.29 is 13.9 Å². The van der Waals surface area contributed by atoms with Crippen LogP contribution in [0.2, 0.25) is 0 Å². The van der Waals surface area contributed by atoms with Crippen LogP contribution in [0.5, 0.6) is 5.75 Å². The zero-order chi connectivity index (χ0) is 15.2. The molecule has 2 aromatic rings. The van der Waals surface area contributed by atoms with Crippen molar-refractivity contribution in [3.8, 4) is 16.3 Å². The van der Waals surface area contributed by atoms with E-state index in [2.05, 4.69) is 18.8 Å². The van der Waals surface area contributed by atoms with Crippen molar-refractivity contribution >= 4 is 17.1 Å². The molecule has 0 spiro atoms. The number of nitrogens with zero attached hydrogens (tertiary/aromatic N) is 1. The van der Waals surface area contributed by atoms with Gasteiger partial charge in [0.15, 0.2) is 5.78 Å². The summed E-state index contributed by atoms with van der Waals surface area (Å²) in [5, 5.41) is 0.561. The first kappa shape index (κ1) is 14.2. The van der Waals surface area contributed by atoms with Crippen LogP contribution < -0.4 is 4.74 Å². The Kier molecular flexibility index (Phi) is 3.32. The Morgan fingerprint density at radius 3 is 2.76 bits per heavy atom. The fourth-order valence-electron chi connectivity index (χ4n) is 2.63. The Labute approximate surface area is 126 Å². The quantitative estimate of drug-likeness (QED) is 0.838. The summed E-state index contributed by atoms with van der Waals surface area (Å²) in [7, 11) is 1.50. The molecule has 0 fully saturated rings. The first-order chi connectivity index (χ1) is 9.89. The number of carbonyl (C=O) groups is 1. The van der Waals surface area contributed by atoms with Crippen LogP contribution in [0.15, 0.2) is 18.2 Å². The molecule has 0 atom stereocenters. The highest BCUT2D eigenvalue weighted by Gasteiger charge is 2.34. The molecule has 3 rings (SSSR count). The lowest BCUT2D eigenvalue weighted by Gasteiger charge is -2.26. The normalized spacial score (nSPS) is 16.7. The lowest BCUT2D eigenvalue weighted by atomic mass is 9.78. The molecule has 1 aliphatic carbocycles. The van der Waals surface area contributed by atoms with Gasteiger partial charge in [0.25, 0.3) is 0 Å². The molecule has 110 valence electrons.